The molecule has 0 amide bonds. The highest BCUT2D eigenvalue weighted by Gasteiger charge is 2.00. The Morgan fingerprint density at radius 1 is 1.50 bits per heavy atom. The summed E-state index contributed by atoms with van der Waals surface area (Å²) >= 11 is 1.97. The molecule has 0 bridgehead atoms. The van der Waals surface area contributed by atoms with Crippen molar-refractivity contribution in [3.05, 3.63) is 17.7 Å². The van der Waals surface area contributed by atoms with Crippen molar-refractivity contribution in [1.29, 1.82) is 0 Å². The van der Waals surface area contributed by atoms with Gasteiger partial charge in [0.05, 0.1) is 12.0 Å². The summed E-state index contributed by atoms with van der Waals surface area (Å²) in [5, 5.41) is 0. The quantitative estimate of drug-likeness (QED) is 0.668. The Bertz CT molecular complexity index is 243. The van der Waals surface area contributed by atoms with E-state index in [2.05, 4.69) is 30.3 Å². The van der Waals surface area contributed by atoms with Crippen LogP contribution in [0.1, 0.15) is 18.3 Å². The Labute approximate surface area is 78.4 Å². The van der Waals surface area contributed by atoms with Gasteiger partial charge in [0.25, 0.3) is 0 Å². The maximum Gasteiger partial charge on any atom is 0.0951 e. The lowest BCUT2D eigenvalue weighted by atomic mass is 10.4. The van der Waals surface area contributed by atoms with Gasteiger partial charge in [0.15, 0.2) is 0 Å². The average molecular weight is 184 g/mol. The van der Waals surface area contributed by atoms with Crippen LogP contribution >= 0.6 is 11.8 Å². The molecule has 2 nitrogen and oxygen atoms in total. The van der Waals surface area contributed by atoms with E-state index < -0.39 is 0 Å². The van der Waals surface area contributed by atoms with Gasteiger partial charge in [0, 0.05) is 18.0 Å². The number of thioether (sulfide) groups is 1. The predicted molar refractivity (Wildman–Crippen MR) is 54.7 cm³/mol. The molecule has 0 fully saturated rings. The maximum absolute atomic E-state index is 4.25. The molecule has 0 unspecified atom stereocenters. The molecule has 0 aromatic carbocycles. The fourth-order valence-electron chi connectivity index (χ4n) is 1.08. The van der Waals surface area contributed by atoms with Gasteiger partial charge in [-0.15, -0.1) is 0 Å². The van der Waals surface area contributed by atoms with Gasteiger partial charge in [-0.3, -0.25) is 0 Å². The Kier molecular flexibility index (Phi) is 3.66. The Hall–Kier alpha value is -0.440. The van der Waals surface area contributed by atoms with Crippen LogP contribution in [0.25, 0.3) is 0 Å². The van der Waals surface area contributed by atoms with Gasteiger partial charge in [-0.05, 0) is 19.6 Å². The lowest BCUT2D eigenvalue weighted by molar-refractivity contribution is 0.744. The Morgan fingerprint density at radius 2 is 2.25 bits per heavy atom. The first-order valence-electron chi connectivity index (χ1n) is 4.31. The van der Waals surface area contributed by atoms with Gasteiger partial charge in [0.1, 0.15) is 0 Å². The second-order valence-electron chi connectivity index (χ2n) is 2.81. The number of nitrogens with zero attached hydrogens (tertiary/aromatic N) is 2. The highest BCUT2D eigenvalue weighted by atomic mass is 32.2. The van der Waals surface area contributed by atoms with E-state index in [1.807, 2.05) is 18.1 Å². The fourth-order valence-corrected chi connectivity index (χ4v) is 1.69. The zero-order chi connectivity index (χ0) is 8.97. The van der Waals surface area contributed by atoms with Crippen molar-refractivity contribution in [3.8, 4) is 0 Å². The van der Waals surface area contributed by atoms with Gasteiger partial charge < -0.3 is 4.57 Å². The van der Waals surface area contributed by atoms with Crippen molar-refractivity contribution in [2.45, 2.75) is 27.3 Å². The third kappa shape index (κ3) is 2.27. The minimum Gasteiger partial charge on any atom is -0.334 e. The predicted octanol–water partition coefficient (Wildman–Crippen LogP) is 2.25. The van der Waals surface area contributed by atoms with Crippen LogP contribution < -0.4 is 0 Å². The molecule has 0 aliphatic carbocycles. The summed E-state index contributed by atoms with van der Waals surface area (Å²) in [5.74, 6) is 2.39. The zero-order valence-corrected chi connectivity index (χ0v) is 8.82. The number of rotatable bonds is 4. The van der Waals surface area contributed by atoms with Crippen molar-refractivity contribution in [2.24, 2.45) is 0 Å². The van der Waals surface area contributed by atoms with Crippen LogP contribution in [-0.2, 0) is 6.54 Å². The van der Waals surface area contributed by atoms with Crippen LogP contribution in [0.3, 0.4) is 0 Å². The van der Waals surface area contributed by atoms with Crippen LogP contribution in [0.5, 0.6) is 0 Å². The van der Waals surface area contributed by atoms with Crippen molar-refractivity contribution >= 4 is 11.8 Å². The summed E-state index contributed by atoms with van der Waals surface area (Å²) in [6.45, 7) is 7.46. The summed E-state index contributed by atoms with van der Waals surface area (Å²) in [4.78, 5) is 4.25. The van der Waals surface area contributed by atoms with E-state index in [1.54, 1.807) is 0 Å². The molecule has 0 radical (unpaired) electrons. The number of imidazole rings is 1. The molecule has 0 saturated carbocycles. The zero-order valence-electron chi connectivity index (χ0n) is 8.00. The number of aryl methyl sites for hydroxylation is 2. The molecule has 0 saturated heterocycles. The second kappa shape index (κ2) is 4.55. The summed E-state index contributed by atoms with van der Waals surface area (Å²) < 4.78 is 2.22. The fraction of sp³-hybridized carbons (Fsp3) is 0.667. The molecule has 1 heterocycles. The summed E-state index contributed by atoms with van der Waals surface area (Å²) in [7, 11) is 0. The molecule has 0 aliphatic rings. The van der Waals surface area contributed by atoms with Gasteiger partial charge in [-0.25, -0.2) is 4.98 Å². The molecule has 68 valence electrons. The molecule has 3 heteroatoms. The first-order valence-corrected chi connectivity index (χ1v) is 5.47. The third-order valence-corrected chi connectivity index (χ3v) is 2.91. The lowest BCUT2D eigenvalue weighted by Crippen LogP contribution is -2.01. The topological polar surface area (TPSA) is 17.8 Å². The molecule has 0 N–H and O–H groups in total. The van der Waals surface area contributed by atoms with E-state index in [0.29, 0.717) is 0 Å². The smallest absolute Gasteiger partial charge is 0.0951 e. The van der Waals surface area contributed by atoms with Crippen LogP contribution in [-0.4, -0.2) is 21.1 Å². The SMILES string of the molecule is CCSCCn1cnc(C)c1C. The van der Waals surface area contributed by atoms with Crippen molar-refractivity contribution < 1.29 is 0 Å². The van der Waals surface area contributed by atoms with Crippen molar-refractivity contribution in [1.82, 2.24) is 9.55 Å². The molecule has 0 aliphatic heterocycles. The molecule has 12 heavy (non-hydrogen) atoms. The Balaban J connectivity index is 2.46. The minimum absolute atomic E-state index is 1.09. The van der Waals surface area contributed by atoms with Crippen molar-refractivity contribution in [2.75, 3.05) is 11.5 Å². The second-order valence-corrected chi connectivity index (χ2v) is 4.20. The number of hydrogen-bond acceptors (Lipinski definition) is 2. The number of hydrogen-bond donors (Lipinski definition) is 0. The standard InChI is InChI=1S/C9H16N2S/c1-4-12-6-5-11-7-10-8(2)9(11)3/h7H,4-6H2,1-3H3. The normalized spacial score (nSPS) is 10.6. The molecule has 1 aromatic heterocycles. The summed E-state index contributed by atoms with van der Waals surface area (Å²) in [5.41, 5.74) is 2.45. The molecule has 0 atom stereocenters. The van der Waals surface area contributed by atoms with Gasteiger partial charge in [0.2, 0.25) is 0 Å². The molecule has 1 rings (SSSR count). The maximum atomic E-state index is 4.25. The monoisotopic (exact) mass is 184 g/mol. The van der Waals surface area contributed by atoms with Crippen LogP contribution in [0.2, 0.25) is 0 Å². The van der Waals surface area contributed by atoms with Gasteiger partial charge >= 0.3 is 0 Å². The van der Waals surface area contributed by atoms with Gasteiger partial charge in [-0.1, -0.05) is 6.92 Å². The average Bonchev–Trinajstić information content (AvgIpc) is 2.36. The van der Waals surface area contributed by atoms with Crippen LogP contribution in [0.15, 0.2) is 6.33 Å². The highest BCUT2D eigenvalue weighted by molar-refractivity contribution is 7.99. The first kappa shape index (κ1) is 9.65. The summed E-state index contributed by atoms with van der Waals surface area (Å²) in [6.07, 6.45) is 1.93. The van der Waals surface area contributed by atoms with Crippen LogP contribution in [0, 0.1) is 13.8 Å². The molecular formula is C9H16N2S. The highest BCUT2D eigenvalue weighted by Crippen LogP contribution is 2.06. The van der Waals surface area contributed by atoms with Gasteiger partial charge in [-0.2, -0.15) is 11.8 Å². The number of aromatic nitrogens is 2. The van der Waals surface area contributed by atoms with E-state index in [0.717, 1.165) is 12.2 Å². The van der Waals surface area contributed by atoms with E-state index in [-0.39, 0.29) is 0 Å². The van der Waals surface area contributed by atoms with Crippen molar-refractivity contribution in [3.63, 3.8) is 0 Å². The third-order valence-electron chi connectivity index (χ3n) is 2.03. The minimum atomic E-state index is 1.09. The largest absolute Gasteiger partial charge is 0.334 e. The van der Waals surface area contributed by atoms with E-state index >= 15 is 0 Å². The van der Waals surface area contributed by atoms with E-state index in [1.165, 1.54) is 17.2 Å². The lowest BCUT2D eigenvalue weighted by Gasteiger charge is -2.03. The van der Waals surface area contributed by atoms with Crippen LogP contribution in [0.4, 0.5) is 0 Å². The molecule has 1 aromatic rings. The molecule has 0 spiro atoms. The molecular weight excluding hydrogens is 168 g/mol. The summed E-state index contributed by atoms with van der Waals surface area (Å²) in [6, 6.07) is 0. The van der Waals surface area contributed by atoms with E-state index in [9.17, 15) is 0 Å². The van der Waals surface area contributed by atoms with E-state index in [4.69, 9.17) is 0 Å². The Morgan fingerprint density at radius 3 is 2.75 bits per heavy atom. The first-order chi connectivity index (χ1) is 5.75.